The van der Waals surface area contributed by atoms with E-state index in [4.69, 9.17) is 0 Å². The molecule has 0 saturated carbocycles. The summed E-state index contributed by atoms with van der Waals surface area (Å²) < 4.78 is 1.83. The van der Waals surface area contributed by atoms with E-state index in [1.54, 1.807) is 25.5 Å². The molecule has 2 aromatic heterocycles. The van der Waals surface area contributed by atoms with Crippen LogP contribution in [0.5, 0.6) is 0 Å². The highest BCUT2D eigenvalue weighted by Crippen LogP contribution is 2.24. The van der Waals surface area contributed by atoms with E-state index in [1.807, 2.05) is 23.7 Å². The Hall–Kier alpha value is -2.41. The van der Waals surface area contributed by atoms with Gasteiger partial charge in [-0.2, -0.15) is 0 Å². The quantitative estimate of drug-likeness (QED) is 0.845. The minimum atomic E-state index is -0.0891. The van der Waals surface area contributed by atoms with Gasteiger partial charge in [0.05, 0.1) is 5.56 Å². The van der Waals surface area contributed by atoms with E-state index in [2.05, 4.69) is 20.5 Å². The van der Waals surface area contributed by atoms with Gasteiger partial charge in [-0.1, -0.05) is 0 Å². The van der Waals surface area contributed by atoms with Crippen LogP contribution in [0.4, 0.5) is 0 Å². The molecule has 0 aliphatic carbocycles. The number of likely N-dealkylation sites (N-methyl/N-ethyl adjacent to an activating group) is 1. The van der Waals surface area contributed by atoms with Crippen LogP contribution in [0.2, 0.25) is 0 Å². The van der Waals surface area contributed by atoms with Crippen molar-refractivity contribution in [2.45, 2.75) is 31.3 Å². The van der Waals surface area contributed by atoms with Crippen LogP contribution in [0.1, 0.15) is 29.6 Å². The summed E-state index contributed by atoms with van der Waals surface area (Å²) in [5.74, 6) is -0.0288. The zero-order chi connectivity index (χ0) is 17.1. The van der Waals surface area contributed by atoms with E-state index in [9.17, 15) is 9.59 Å². The number of aromatic nitrogens is 2. The van der Waals surface area contributed by atoms with Crippen LogP contribution in [-0.4, -0.2) is 58.8 Å². The van der Waals surface area contributed by atoms with E-state index >= 15 is 0 Å². The van der Waals surface area contributed by atoms with Crippen molar-refractivity contribution in [2.24, 2.45) is 0 Å². The number of carbonyl (C=O) groups excluding carboxylic acids is 2. The summed E-state index contributed by atoms with van der Waals surface area (Å²) in [5.41, 5.74) is 1.43. The largest absolute Gasteiger partial charge is 0.359 e. The average Bonchev–Trinajstić information content (AvgIpc) is 3.19. The lowest BCUT2D eigenvalue weighted by Gasteiger charge is -2.25. The smallest absolute Gasteiger partial charge is 0.252 e. The summed E-state index contributed by atoms with van der Waals surface area (Å²) in [7, 11) is 3.68. The molecular formula is C17H23N5O2. The van der Waals surface area contributed by atoms with Crippen LogP contribution in [0.25, 0.3) is 5.65 Å². The van der Waals surface area contributed by atoms with Gasteiger partial charge in [0.1, 0.15) is 5.65 Å². The van der Waals surface area contributed by atoms with Crippen molar-refractivity contribution >= 4 is 17.5 Å². The third kappa shape index (κ3) is 3.41. The van der Waals surface area contributed by atoms with Crippen molar-refractivity contribution in [3.8, 4) is 0 Å². The first-order valence-electron chi connectivity index (χ1n) is 8.22. The Morgan fingerprint density at radius 1 is 1.29 bits per heavy atom. The highest BCUT2D eigenvalue weighted by Gasteiger charge is 2.31. The lowest BCUT2D eigenvalue weighted by molar-refractivity contribution is -0.121. The maximum absolute atomic E-state index is 12.4. The minimum absolute atomic E-state index is 0.0603. The minimum Gasteiger partial charge on any atom is -0.359 e. The molecule has 3 heterocycles. The Morgan fingerprint density at radius 3 is 2.88 bits per heavy atom. The van der Waals surface area contributed by atoms with E-state index in [0.717, 1.165) is 18.5 Å². The summed E-state index contributed by atoms with van der Waals surface area (Å²) in [4.78, 5) is 30.3. The molecule has 0 aromatic carbocycles. The topological polar surface area (TPSA) is 78.7 Å². The first kappa shape index (κ1) is 16.4. The summed E-state index contributed by atoms with van der Waals surface area (Å²) in [6.07, 6.45) is 7.78. The van der Waals surface area contributed by atoms with Gasteiger partial charge in [0.2, 0.25) is 5.91 Å². The Labute approximate surface area is 141 Å². The van der Waals surface area contributed by atoms with Crippen molar-refractivity contribution in [3.05, 3.63) is 36.3 Å². The zero-order valence-corrected chi connectivity index (χ0v) is 14.0. The van der Waals surface area contributed by atoms with E-state index in [-0.39, 0.29) is 23.9 Å². The Bertz CT molecular complexity index is 741. The summed E-state index contributed by atoms with van der Waals surface area (Å²) >= 11 is 0. The molecule has 3 rings (SSSR count). The third-order valence-corrected chi connectivity index (χ3v) is 4.83. The monoisotopic (exact) mass is 329 g/mol. The highest BCUT2D eigenvalue weighted by atomic mass is 16.2. The molecule has 1 fully saturated rings. The number of amides is 2. The predicted octanol–water partition coefficient (Wildman–Crippen LogP) is 0.663. The summed E-state index contributed by atoms with van der Waals surface area (Å²) in [6, 6.07) is 4.12. The fraction of sp³-hybridized carbons (Fsp3) is 0.471. The van der Waals surface area contributed by atoms with Gasteiger partial charge >= 0.3 is 0 Å². The standard InChI is InChI=1S/C17H23N5O2/c1-18-16(23)9-13-4-5-14(21(13)2)10-20-17(24)12-3-6-15-19-7-8-22(15)11-12/h3,6-8,11,13-14H,4-5,9-10H2,1-2H3,(H,18,23)(H,20,24)/t13-,14+/m1/s1. The van der Waals surface area contributed by atoms with E-state index in [0.29, 0.717) is 18.5 Å². The number of pyridine rings is 1. The number of nitrogens with one attached hydrogen (secondary N) is 2. The van der Waals surface area contributed by atoms with Crippen LogP contribution < -0.4 is 10.6 Å². The number of hydrogen-bond acceptors (Lipinski definition) is 4. The van der Waals surface area contributed by atoms with E-state index in [1.165, 1.54) is 0 Å². The SMILES string of the molecule is CNC(=O)C[C@H]1CC[C@@H](CNC(=O)c2ccc3nccn3c2)N1C. The number of fused-ring (bicyclic) bond motifs is 1. The van der Waals surface area contributed by atoms with Crippen LogP contribution in [0.15, 0.2) is 30.7 Å². The number of hydrogen-bond donors (Lipinski definition) is 2. The van der Waals surface area contributed by atoms with Gasteiger partial charge in [0.25, 0.3) is 5.91 Å². The van der Waals surface area contributed by atoms with Crippen molar-refractivity contribution in [1.29, 1.82) is 0 Å². The molecule has 24 heavy (non-hydrogen) atoms. The molecule has 1 aliphatic heterocycles. The molecule has 7 heteroatoms. The molecule has 0 unspecified atom stereocenters. The molecule has 1 saturated heterocycles. The van der Waals surface area contributed by atoms with Gasteiger partial charge < -0.3 is 15.0 Å². The normalized spacial score (nSPS) is 21.1. The molecule has 0 radical (unpaired) electrons. The maximum atomic E-state index is 12.4. The highest BCUT2D eigenvalue weighted by molar-refractivity contribution is 5.94. The lowest BCUT2D eigenvalue weighted by atomic mass is 10.1. The molecule has 0 spiro atoms. The fourth-order valence-electron chi connectivity index (χ4n) is 3.27. The van der Waals surface area contributed by atoms with Crippen LogP contribution in [-0.2, 0) is 4.79 Å². The molecule has 128 valence electrons. The second-order valence-electron chi connectivity index (χ2n) is 6.25. The summed E-state index contributed by atoms with van der Waals surface area (Å²) in [5, 5.41) is 5.67. The number of rotatable bonds is 5. The van der Waals surface area contributed by atoms with Gasteiger partial charge in [0, 0.05) is 50.7 Å². The molecule has 2 N–H and O–H groups in total. The van der Waals surface area contributed by atoms with Crippen molar-refractivity contribution in [2.75, 3.05) is 20.6 Å². The summed E-state index contributed by atoms with van der Waals surface area (Å²) in [6.45, 7) is 0.585. The third-order valence-electron chi connectivity index (χ3n) is 4.83. The second-order valence-corrected chi connectivity index (χ2v) is 6.25. The molecular weight excluding hydrogens is 306 g/mol. The van der Waals surface area contributed by atoms with Gasteiger partial charge in [-0.15, -0.1) is 0 Å². The van der Waals surface area contributed by atoms with Gasteiger partial charge in [0.15, 0.2) is 0 Å². The van der Waals surface area contributed by atoms with Crippen molar-refractivity contribution < 1.29 is 9.59 Å². The van der Waals surface area contributed by atoms with Crippen molar-refractivity contribution in [3.63, 3.8) is 0 Å². The predicted molar refractivity (Wildman–Crippen MR) is 90.8 cm³/mol. The average molecular weight is 329 g/mol. The zero-order valence-electron chi connectivity index (χ0n) is 14.0. The molecule has 2 aromatic rings. The molecule has 2 amide bonds. The molecule has 2 atom stereocenters. The Kier molecular flexibility index (Phi) is 4.80. The number of nitrogens with zero attached hydrogens (tertiary/aromatic N) is 3. The second kappa shape index (κ2) is 7.00. The van der Waals surface area contributed by atoms with Crippen molar-refractivity contribution in [1.82, 2.24) is 24.9 Å². The number of likely N-dealkylation sites (tertiary alicyclic amines) is 1. The van der Waals surface area contributed by atoms with Crippen LogP contribution >= 0.6 is 0 Å². The number of imidazole rings is 1. The van der Waals surface area contributed by atoms with Crippen LogP contribution in [0, 0.1) is 0 Å². The first-order chi connectivity index (χ1) is 11.6. The molecule has 0 bridgehead atoms. The lowest BCUT2D eigenvalue weighted by Crippen LogP contribution is -2.42. The van der Waals surface area contributed by atoms with Crippen LogP contribution in [0.3, 0.4) is 0 Å². The van der Waals surface area contributed by atoms with Gasteiger partial charge in [-0.25, -0.2) is 4.98 Å². The molecule has 1 aliphatic rings. The Balaban J connectivity index is 1.55. The number of carbonyl (C=O) groups is 2. The Morgan fingerprint density at radius 2 is 2.08 bits per heavy atom. The maximum Gasteiger partial charge on any atom is 0.252 e. The van der Waals surface area contributed by atoms with E-state index < -0.39 is 0 Å². The fourth-order valence-corrected chi connectivity index (χ4v) is 3.27. The molecule has 7 nitrogen and oxygen atoms in total. The first-order valence-corrected chi connectivity index (χ1v) is 8.22. The van der Waals surface area contributed by atoms with Gasteiger partial charge in [-0.3, -0.25) is 14.5 Å². The van der Waals surface area contributed by atoms with Gasteiger partial charge in [-0.05, 0) is 32.0 Å².